The zero-order chi connectivity index (χ0) is 24.8. The van der Waals surface area contributed by atoms with E-state index in [1.807, 2.05) is 0 Å². The molecule has 0 fully saturated rings. The Morgan fingerprint density at radius 3 is 1.36 bits per heavy atom. The minimum absolute atomic E-state index is 0.310. The molecule has 0 rings (SSSR count). The lowest BCUT2D eigenvalue weighted by atomic mass is 10.1. The van der Waals surface area contributed by atoms with Crippen molar-refractivity contribution in [2.75, 3.05) is 0 Å². The summed E-state index contributed by atoms with van der Waals surface area (Å²) in [5.41, 5.74) is 0. The van der Waals surface area contributed by atoms with Crippen LogP contribution in [0.25, 0.3) is 0 Å². The van der Waals surface area contributed by atoms with Crippen LogP contribution in [0.3, 0.4) is 0 Å². The molecule has 0 spiro atoms. The molecule has 0 atom stereocenters. The highest BCUT2D eigenvalue weighted by atomic mass is 16.4. The zero-order valence-electron chi connectivity index (χ0n) is 21.5. The maximum Gasteiger partial charge on any atom is 0.303 e. The van der Waals surface area contributed by atoms with Gasteiger partial charge in [-0.3, -0.25) is 9.59 Å². The topological polar surface area (TPSA) is 74.6 Å². The molecule has 4 heteroatoms. The number of terminal acetylenes is 1. The van der Waals surface area contributed by atoms with Crippen LogP contribution in [0.4, 0.5) is 0 Å². The van der Waals surface area contributed by atoms with E-state index in [9.17, 15) is 9.59 Å². The molecule has 0 aromatic carbocycles. The van der Waals surface area contributed by atoms with Gasteiger partial charge in [0.15, 0.2) is 0 Å². The normalized spacial score (nSPS) is 10.5. The summed E-state index contributed by atoms with van der Waals surface area (Å²) >= 11 is 0. The summed E-state index contributed by atoms with van der Waals surface area (Å²) in [6.07, 6.45) is 34.0. The Bertz CT molecular complexity index is 490. The van der Waals surface area contributed by atoms with Crippen LogP contribution in [0.1, 0.15) is 148 Å². The van der Waals surface area contributed by atoms with Gasteiger partial charge in [-0.05, 0) is 38.5 Å². The first-order chi connectivity index (χ1) is 16.0. The van der Waals surface area contributed by atoms with Crippen molar-refractivity contribution in [2.45, 2.75) is 148 Å². The Morgan fingerprint density at radius 2 is 0.970 bits per heavy atom. The predicted octanol–water partition coefficient (Wildman–Crippen LogP) is 8.93. The number of hydrogen-bond acceptors (Lipinski definition) is 2. The van der Waals surface area contributed by atoms with Gasteiger partial charge in [0.1, 0.15) is 0 Å². The number of carboxylic acids is 2. The smallest absolute Gasteiger partial charge is 0.303 e. The second kappa shape index (κ2) is 30.2. The molecule has 0 unspecified atom stereocenters. The molecule has 0 amide bonds. The maximum absolute atomic E-state index is 10.3. The summed E-state index contributed by atoms with van der Waals surface area (Å²) < 4.78 is 0. The lowest BCUT2D eigenvalue weighted by Crippen LogP contribution is -1.93. The van der Waals surface area contributed by atoms with E-state index < -0.39 is 11.9 Å². The SMILES string of the molecule is C#CCCCCCCCCC(=O)O.CCCC/C=C/CCCCCCCCCCCC(=O)O. The summed E-state index contributed by atoms with van der Waals surface area (Å²) in [4.78, 5) is 20.5. The fraction of sp³-hybridized carbons (Fsp3) is 0.793. The Hall–Kier alpha value is -1.76. The fourth-order valence-electron chi connectivity index (χ4n) is 3.54. The summed E-state index contributed by atoms with van der Waals surface area (Å²) in [6.45, 7) is 2.24. The van der Waals surface area contributed by atoms with Gasteiger partial charge >= 0.3 is 11.9 Å². The van der Waals surface area contributed by atoms with Crippen LogP contribution in [0.15, 0.2) is 12.2 Å². The van der Waals surface area contributed by atoms with Crippen molar-refractivity contribution in [3.63, 3.8) is 0 Å². The molecule has 4 nitrogen and oxygen atoms in total. The van der Waals surface area contributed by atoms with E-state index in [0.717, 1.165) is 44.9 Å². The molecule has 2 N–H and O–H groups in total. The standard InChI is InChI=1S/C18H34O2.C11H18O2/c1-2-3-4-5-6-7-8-9-10-11-12-13-14-15-16-17-18(19)20;1-2-3-4-5-6-7-8-9-10-11(12)13/h5-6H,2-4,7-17H2,1H3,(H,19,20);1H,3-10H2,(H,12,13)/b6-5+;. The molecule has 0 aliphatic carbocycles. The van der Waals surface area contributed by atoms with Gasteiger partial charge in [-0.1, -0.05) is 103 Å². The van der Waals surface area contributed by atoms with E-state index in [1.54, 1.807) is 0 Å². The lowest BCUT2D eigenvalue weighted by Gasteiger charge is -2.01. The van der Waals surface area contributed by atoms with Crippen LogP contribution < -0.4 is 0 Å². The third-order valence-electron chi connectivity index (χ3n) is 5.61. The van der Waals surface area contributed by atoms with Gasteiger partial charge in [0.05, 0.1) is 0 Å². The third kappa shape index (κ3) is 37.9. The third-order valence-corrected chi connectivity index (χ3v) is 5.61. The molecule has 0 heterocycles. The molecular formula is C29H52O4. The van der Waals surface area contributed by atoms with Gasteiger partial charge in [0.2, 0.25) is 0 Å². The van der Waals surface area contributed by atoms with Crippen molar-refractivity contribution in [1.82, 2.24) is 0 Å². The van der Waals surface area contributed by atoms with Gasteiger partial charge in [-0.2, -0.15) is 0 Å². The molecule has 0 saturated carbocycles. The highest BCUT2D eigenvalue weighted by Crippen LogP contribution is 2.12. The molecular weight excluding hydrogens is 412 g/mol. The molecule has 192 valence electrons. The molecule has 33 heavy (non-hydrogen) atoms. The monoisotopic (exact) mass is 464 g/mol. The number of hydrogen-bond donors (Lipinski definition) is 2. The number of aliphatic carboxylic acids is 2. The van der Waals surface area contributed by atoms with Crippen molar-refractivity contribution in [1.29, 1.82) is 0 Å². The number of carbonyl (C=O) groups is 2. The van der Waals surface area contributed by atoms with Gasteiger partial charge < -0.3 is 10.2 Å². The van der Waals surface area contributed by atoms with Gasteiger partial charge in [0.25, 0.3) is 0 Å². The quantitative estimate of drug-likeness (QED) is 0.0899. The van der Waals surface area contributed by atoms with E-state index in [0.29, 0.717) is 12.8 Å². The van der Waals surface area contributed by atoms with Crippen LogP contribution in [0, 0.1) is 12.3 Å². The van der Waals surface area contributed by atoms with Crippen LogP contribution >= 0.6 is 0 Å². The predicted molar refractivity (Wildman–Crippen MR) is 140 cm³/mol. The van der Waals surface area contributed by atoms with Gasteiger partial charge in [0, 0.05) is 19.3 Å². The van der Waals surface area contributed by atoms with Crippen molar-refractivity contribution >= 4 is 11.9 Å². The first-order valence-electron chi connectivity index (χ1n) is 13.6. The van der Waals surface area contributed by atoms with Crippen molar-refractivity contribution in [3.8, 4) is 12.3 Å². The van der Waals surface area contributed by atoms with Crippen LogP contribution in [0.5, 0.6) is 0 Å². The van der Waals surface area contributed by atoms with Crippen molar-refractivity contribution in [3.05, 3.63) is 12.2 Å². The first-order valence-corrected chi connectivity index (χ1v) is 13.6. The Balaban J connectivity index is 0. The lowest BCUT2D eigenvalue weighted by molar-refractivity contribution is -0.138. The number of allylic oxidation sites excluding steroid dienone is 2. The minimum atomic E-state index is -0.688. The number of unbranched alkanes of at least 4 members (excludes halogenated alkanes) is 17. The van der Waals surface area contributed by atoms with E-state index in [2.05, 4.69) is 25.0 Å². The highest BCUT2D eigenvalue weighted by Gasteiger charge is 1.97. The molecule has 0 aromatic rings. The summed E-state index contributed by atoms with van der Waals surface area (Å²) in [6, 6.07) is 0. The van der Waals surface area contributed by atoms with E-state index in [1.165, 1.54) is 83.5 Å². The van der Waals surface area contributed by atoms with E-state index in [-0.39, 0.29) is 0 Å². The average molecular weight is 465 g/mol. The first kappa shape index (κ1) is 33.4. The van der Waals surface area contributed by atoms with Crippen LogP contribution in [-0.4, -0.2) is 22.2 Å². The Labute approximate surface area is 204 Å². The summed E-state index contributed by atoms with van der Waals surface area (Å²) in [5, 5.41) is 16.9. The largest absolute Gasteiger partial charge is 0.481 e. The maximum atomic E-state index is 10.3. The second-order valence-corrected chi connectivity index (χ2v) is 8.95. The van der Waals surface area contributed by atoms with Crippen LogP contribution in [0.2, 0.25) is 0 Å². The molecule has 0 aliphatic heterocycles. The molecule has 0 saturated heterocycles. The second-order valence-electron chi connectivity index (χ2n) is 8.95. The van der Waals surface area contributed by atoms with E-state index >= 15 is 0 Å². The minimum Gasteiger partial charge on any atom is -0.481 e. The van der Waals surface area contributed by atoms with Crippen molar-refractivity contribution in [2.24, 2.45) is 0 Å². The summed E-state index contributed by atoms with van der Waals surface area (Å²) in [5.74, 6) is 1.26. The average Bonchev–Trinajstić information content (AvgIpc) is 2.78. The van der Waals surface area contributed by atoms with Gasteiger partial charge in [-0.15, -0.1) is 12.3 Å². The molecule has 0 bridgehead atoms. The molecule has 0 aromatic heterocycles. The van der Waals surface area contributed by atoms with Crippen LogP contribution in [-0.2, 0) is 9.59 Å². The summed E-state index contributed by atoms with van der Waals surface area (Å²) in [7, 11) is 0. The van der Waals surface area contributed by atoms with Crippen molar-refractivity contribution < 1.29 is 19.8 Å². The number of rotatable bonds is 23. The fourth-order valence-corrected chi connectivity index (χ4v) is 3.54. The molecule has 0 radical (unpaired) electrons. The van der Waals surface area contributed by atoms with E-state index in [4.69, 9.17) is 16.6 Å². The Kier molecular flexibility index (Phi) is 30.6. The zero-order valence-corrected chi connectivity index (χ0v) is 21.5. The highest BCUT2D eigenvalue weighted by molar-refractivity contribution is 5.66. The van der Waals surface area contributed by atoms with Gasteiger partial charge in [-0.25, -0.2) is 0 Å². The molecule has 0 aliphatic rings. The number of carboxylic acid groups (broad SMARTS) is 2. The Morgan fingerprint density at radius 1 is 0.606 bits per heavy atom.